The van der Waals surface area contributed by atoms with Gasteiger partial charge in [-0.15, -0.1) is 0 Å². The molecule has 0 saturated carbocycles. The number of nitrogens with zero attached hydrogens (tertiary/aromatic N) is 1. The Bertz CT molecular complexity index is 362. The highest BCUT2D eigenvalue weighted by Crippen LogP contribution is 2.25. The van der Waals surface area contributed by atoms with Crippen molar-refractivity contribution in [3.8, 4) is 0 Å². The van der Waals surface area contributed by atoms with Crippen molar-refractivity contribution in [2.24, 2.45) is 5.92 Å². The molecule has 2 heterocycles. The van der Waals surface area contributed by atoms with Gasteiger partial charge in [0.15, 0.2) is 6.23 Å². The lowest BCUT2D eigenvalue weighted by atomic mass is 10.1. The predicted octanol–water partition coefficient (Wildman–Crippen LogP) is -2.39. The van der Waals surface area contributed by atoms with Gasteiger partial charge in [0, 0.05) is 6.54 Å². The molecule has 0 spiro atoms. The average Bonchev–Trinajstić information content (AvgIpc) is 2.61. The highest BCUT2D eigenvalue weighted by atomic mass is 16.6. The van der Waals surface area contributed by atoms with Crippen LogP contribution in [-0.4, -0.2) is 69.8 Å². The molecule has 2 saturated heterocycles. The number of rotatable bonds is 2. The zero-order valence-electron chi connectivity index (χ0n) is 9.81. The first-order valence-electron chi connectivity index (χ1n) is 5.69. The number of urea groups is 1. The first-order chi connectivity index (χ1) is 8.45. The predicted molar refractivity (Wildman–Crippen MR) is 57.2 cm³/mol. The van der Waals surface area contributed by atoms with Gasteiger partial charge in [-0.25, -0.2) is 4.79 Å². The second kappa shape index (κ2) is 4.81. The zero-order valence-corrected chi connectivity index (χ0v) is 9.81. The normalized spacial score (nSPS) is 41.1. The quantitative estimate of drug-likeness (QED) is 0.440. The molecular formula is C10H16N2O6. The van der Waals surface area contributed by atoms with Crippen molar-refractivity contribution in [2.45, 2.75) is 31.5 Å². The fourth-order valence-corrected chi connectivity index (χ4v) is 2.12. The van der Waals surface area contributed by atoms with Crippen LogP contribution in [0, 0.1) is 5.92 Å². The molecule has 0 radical (unpaired) electrons. The molecule has 2 aliphatic rings. The fraction of sp³-hybridized carbons (Fsp3) is 0.800. The summed E-state index contributed by atoms with van der Waals surface area (Å²) in [7, 11) is 0. The Hall–Kier alpha value is -1.22. The molecular weight excluding hydrogens is 244 g/mol. The SMILES string of the molecule is C[C@H]1CN([C@@H]2O[C@H](CO)[C@@H](O)[C@H]2O)C(=O)NC1=O. The van der Waals surface area contributed by atoms with Gasteiger partial charge in [-0.1, -0.05) is 6.92 Å². The molecule has 0 bridgehead atoms. The van der Waals surface area contributed by atoms with Crippen molar-refractivity contribution in [1.29, 1.82) is 0 Å². The third-order valence-corrected chi connectivity index (χ3v) is 3.23. The molecule has 2 rings (SSSR count). The molecule has 2 fully saturated rings. The van der Waals surface area contributed by atoms with E-state index in [9.17, 15) is 19.8 Å². The summed E-state index contributed by atoms with van der Waals surface area (Å²) < 4.78 is 5.23. The maximum absolute atomic E-state index is 11.6. The van der Waals surface area contributed by atoms with E-state index in [1.807, 2.05) is 0 Å². The van der Waals surface area contributed by atoms with E-state index in [2.05, 4.69) is 5.32 Å². The van der Waals surface area contributed by atoms with Crippen LogP contribution in [0.15, 0.2) is 0 Å². The van der Waals surface area contributed by atoms with E-state index in [-0.39, 0.29) is 12.5 Å². The maximum atomic E-state index is 11.6. The Morgan fingerprint density at radius 3 is 2.61 bits per heavy atom. The summed E-state index contributed by atoms with van der Waals surface area (Å²) in [6.45, 7) is 1.27. The number of imide groups is 1. The summed E-state index contributed by atoms with van der Waals surface area (Å²) in [6, 6.07) is -0.673. The van der Waals surface area contributed by atoms with Gasteiger partial charge in [0.1, 0.15) is 18.3 Å². The summed E-state index contributed by atoms with van der Waals surface area (Å²) >= 11 is 0. The van der Waals surface area contributed by atoms with Crippen LogP contribution in [0.5, 0.6) is 0 Å². The molecule has 0 unspecified atom stereocenters. The Labute approximate surface area is 103 Å². The van der Waals surface area contributed by atoms with Crippen molar-refractivity contribution in [1.82, 2.24) is 10.2 Å². The van der Waals surface area contributed by atoms with Gasteiger partial charge < -0.3 is 20.1 Å². The molecule has 0 aromatic rings. The first-order valence-corrected chi connectivity index (χ1v) is 5.69. The van der Waals surface area contributed by atoms with Crippen LogP contribution < -0.4 is 5.32 Å². The Kier molecular flexibility index (Phi) is 3.53. The number of aliphatic hydroxyl groups is 3. The largest absolute Gasteiger partial charge is 0.394 e. The maximum Gasteiger partial charge on any atom is 0.326 e. The molecule has 18 heavy (non-hydrogen) atoms. The summed E-state index contributed by atoms with van der Waals surface area (Å²) in [4.78, 5) is 24.1. The molecule has 8 heteroatoms. The van der Waals surface area contributed by atoms with Gasteiger partial charge in [-0.3, -0.25) is 15.0 Å². The number of amides is 3. The topological polar surface area (TPSA) is 119 Å². The second-order valence-electron chi connectivity index (χ2n) is 4.58. The van der Waals surface area contributed by atoms with Crippen molar-refractivity contribution in [2.75, 3.05) is 13.2 Å². The number of hydrogen-bond acceptors (Lipinski definition) is 6. The van der Waals surface area contributed by atoms with Gasteiger partial charge in [0.05, 0.1) is 12.5 Å². The van der Waals surface area contributed by atoms with E-state index in [1.165, 1.54) is 0 Å². The monoisotopic (exact) mass is 260 g/mol. The summed E-state index contributed by atoms with van der Waals surface area (Å²) in [5.41, 5.74) is 0. The summed E-state index contributed by atoms with van der Waals surface area (Å²) in [6.07, 6.45) is -4.58. The summed E-state index contributed by atoms with van der Waals surface area (Å²) in [5.74, 6) is -0.813. The fourth-order valence-electron chi connectivity index (χ4n) is 2.12. The molecule has 0 aliphatic carbocycles. The van der Waals surface area contributed by atoms with E-state index in [0.29, 0.717) is 0 Å². The van der Waals surface area contributed by atoms with Crippen LogP contribution in [0.1, 0.15) is 6.92 Å². The number of hydrogen-bond donors (Lipinski definition) is 4. The van der Waals surface area contributed by atoms with Crippen molar-refractivity contribution in [3.63, 3.8) is 0 Å². The lowest BCUT2D eigenvalue weighted by Gasteiger charge is -2.35. The van der Waals surface area contributed by atoms with Gasteiger partial charge >= 0.3 is 6.03 Å². The van der Waals surface area contributed by atoms with Gasteiger partial charge in [-0.2, -0.15) is 0 Å². The third-order valence-electron chi connectivity index (χ3n) is 3.23. The number of nitrogens with one attached hydrogen (secondary N) is 1. The smallest absolute Gasteiger partial charge is 0.326 e. The van der Waals surface area contributed by atoms with Gasteiger partial charge in [0.2, 0.25) is 5.91 Å². The standard InChI is InChI=1S/C10H16N2O6/c1-4-2-12(10(17)11-8(4)16)9-7(15)6(14)5(3-13)18-9/h4-7,9,13-15H,2-3H2,1H3,(H,11,16,17)/t4-,5+,6+,7+,9+/m0/s1. The van der Waals surface area contributed by atoms with Crippen LogP contribution in [0.4, 0.5) is 4.79 Å². The lowest BCUT2D eigenvalue weighted by molar-refractivity contribution is -0.130. The Balaban J connectivity index is 2.12. The van der Waals surface area contributed by atoms with Crippen molar-refractivity contribution in [3.05, 3.63) is 0 Å². The minimum absolute atomic E-state index is 0.0945. The molecule has 3 amide bonds. The minimum atomic E-state index is -1.31. The lowest BCUT2D eigenvalue weighted by Crippen LogP contribution is -2.59. The molecule has 8 nitrogen and oxygen atoms in total. The Morgan fingerprint density at radius 1 is 1.39 bits per heavy atom. The molecule has 2 aliphatic heterocycles. The highest BCUT2D eigenvalue weighted by Gasteiger charge is 2.48. The van der Waals surface area contributed by atoms with Crippen LogP contribution in [-0.2, 0) is 9.53 Å². The van der Waals surface area contributed by atoms with Crippen LogP contribution >= 0.6 is 0 Å². The van der Waals surface area contributed by atoms with E-state index >= 15 is 0 Å². The van der Waals surface area contributed by atoms with Crippen LogP contribution in [0.2, 0.25) is 0 Å². The number of carbonyl (C=O) groups is 2. The molecule has 0 aromatic heterocycles. The van der Waals surface area contributed by atoms with Crippen molar-refractivity contribution < 1.29 is 29.6 Å². The van der Waals surface area contributed by atoms with E-state index < -0.39 is 43.1 Å². The van der Waals surface area contributed by atoms with Crippen molar-refractivity contribution >= 4 is 11.9 Å². The third kappa shape index (κ3) is 2.07. The van der Waals surface area contributed by atoms with Gasteiger partial charge in [-0.05, 0) is 0 Å². The molecule has 0 aromatic carbocycles. The van der Waals surface area contributed by atoms with Crippen LogP contribution in [0.3, 0.4) is 0 Å². The second-order valence-corrected chi connectivity index (χ2v) is 4.58. The van der Waals surface area contributed by atoms with E-state index in [4.69, 9.17) is 9.84 Å². The number of aliphatic hydroxyl groups excluding tert-OH is 3. The van der Waals surface area contributed by atoms with E-state index in [0.717, 1.165) is 4.90 Å². The summed E-state index contributed by atoms with van der Waals surface area (Å²) in [5, 5.41) is 30.5. The zero-order chi connectivity index (χ0) is 13.4. The Morgan fingerprint density at radius 2 is 2.06 bits per heavy atom. The molecule has 5 atom stereocenters. The number of carbonyl (C=O) groups excluding carboxylic acids is 2. The average molecular weight is 260 g/mol. The van der Waals surface area contributed by atoms with E-state index in [1.54, 1.807) is 6.92 Å². The molecule has 102 valence electrons. The first kappa shape index (κ1) is 13.2. The van der Waals surface area contributed by atoms with Gasteiger partial charge in [0.25, 0.3) is 0 Å². The number of ether oxygens (including phenoxy) is 1. The highest BCUT2D eigenvalue weighted by molar-refractivity contribution is 5.97. The minimum Gasteiger partial charge on any atom is -0.394 e. The van der Waals surface area contributed by atoms with Crippen LogP contribution in [0.25, 0.3) is 0 Å². The molecule has 4 N–H and O–H groups in total.